The Kier molecular flexibility index (Phi) is 31.0. The first-order valence-corrected chi connectivity index (χ1v) is 27.3. The van der Waals surface area contributed by atoms with Crippen molar-refractivity contribution in [3.8, 4) is 11.5 Å². The van der Waals surface area contributed by atoms with Gasteiger partial charge in [0, 0.05) is 0 Å². The molecule has 14 nitrogen and oxygen atoms in total. The molecule has 406 valence electrons. The Bertz CT molecular complexity index is 1690. The van der Waals surface area contributed by atoms with E-state index in [1.807, 2.05) is 12.1 Å². The highest BCUT2D eigenvalue weighted by Crippen LogP contribution is 2.40. The van der Waals surface area contributed by atoms with Gasteiger partial charge in [0.25, 0.3) is 0 Å². The van der Waals surface area contributed by atoms with Gasteiger partial charge < -0.3 is 56.8 Å². The summed E-state index contributed by atoms with van der Waals surface area (Å²) >= 11 is 0. The van der Waals surface area contributed by atoms with Crippen molar-refractivity contribution in [2.75, 3.05) is 52.9 Å². The molecule has 0 radical (unpaired) electrons. The SMILES string of the molecule is CCCCCCCCCCCOC(OCC)(OCC)C(OCC)(OC(=O)c1ccc(C(=O)OC(OCC)(Oc2ccccc2)C(OCC)(OCC)OCCCCCCCCCCC)cc1)Oc1ccccc1. The molecule has 14 heteroatoms. The lowest BCUT2D eigenvalue weighted by Crippen LogP contribution is -2.66. The third-order valence-corrected chi connectivity index (χ3v) is 11.6. The Hall–Kier alpha value is -4.12. The van der Waals surface area contributed by atoms with Crippen molar-refractivity contribution in [1.82, 2.24) is 0 Å². The van der Waals surface area contributed by atoms with E-state index in [1.54, 1.807) is 90.1 Å². The van der Waals surface area contributed by atoms with Crippen molar-refractivity contribution >= 4 is 11.9 Å². The second-order valence-electron chi connectivity index (χ2n) is 17.4. The minimum atomic E-state index is -2.41. The summed E-state index contributed by atoms with van der Waals surface area (Å²) in [5.74, 6) is -10.3. The Morgan fingerprint density at radius 1 is 0.319 bits per heavy atom. The molecule has 0 amide bonds. The van der Waals surface area contributed by atoms with Gasteiger partial charge in [-0.1, -0.05) is 153 Å². The highest BCUT2D eigenvalue weighted by Gasteiger charge is 2.66. The number of rotatable bonds is 44. The second-order valence-corrected chi connectivity index (χ2v) is 17.4. The molecule has 0 saturated carbocycles. The third-order valence-electron chi connectivity index (χ3n) is 11.6. The van der Waals surface area contributed by atoms with E-state index in [4.69, 9.17) is 56.8 Å². The van der Waals surface area contributed by atoms with Crippen LogP contribution in [0.15, 0.2) is 84.9 Å². The van der Waals surface area contributed by atoms with Crippen molar-refractivity contribution in [3.63, 3.8) is 0 Å². The molecule has 0 aromatic heterocycles. The Morgan fingerprint density at radius 2 is 0.583 bits per heavy atom. The van der Waals surface area contributed by atoms with Gasteiger partial charge >= 0.3 is 35.8 Å². The Balaban J connectivity index is 1.97. The summed E-state index contributed by atoms with van der Waals surface area (Å²) in [6.45, 7) is 15.8. The first-order valence-electron chi connectivity index (χ1n) is 27.3. The van der Waals surface area contributed by atoms with Gasteiger partial charge in [0.15, 0.2) is 0 Å². The van der Waals surface area contributed by atoms with Crippen LogP contribution in [0, 0.1) is 0 Å². The monoisotopic (exact) mass is 1010 g/mol. The van der Waals surface area contributed by atoms with E-state index in [0.717, 1.165) is 38.5 Å². The first-order chi connectivity index (χ1) is 35.1. The summed E-state index contributed by atoms with van der Waals surface area (Å²) in [5, 5.41) is 0. The number of hydrogen-bond donors (Lipinski definition) is 0. The summed E-state index contributed by atoms with van der Waals surface area (Å²) in [7, 11) is 0. The number of benzene rings is 3. The average molecular weight is 1010 g/mol. The molecule has 0 aliphatic heterocycles. The third kappa shape index (κ3) is 20.0. The van der Waals surface area contributed by atoms with Crippen molar-refractivity contribution in [3.05, 3.63) is 96.1 Å². The molecular weight excluding hydrogens is 921 g/mol. The highest BCUT2D eigenvalue weighted by molar-refractivity contribution is 5.93. The second kappa shape index (κ2) is 35.9. The lowest BCUT2D eigenvalue weighted by molar-refractivity contribution is -0.532. The molecule has 0 spiro atoms. The normalized spacial score (nSPS) is 13.6. The number of para-hydroxylation sites is 2. The van der Waals surface area contributed by atoms with Gasteiger partial charge in [-0.2, -0.15) is 0 Å². The molecule has 3 aromatic rings. The van der Waals surface area contributed by atoms with Crippen LogP contribution in [0.2, 0.25) is 0 Å². The minimum absolute atomic E-state index is 0.00864. The van der Waals surface area contributed by atoms with Crippen LogP contribution < -0.4 is 9.47 Å². The highest BCUT2D eigenvalue weighted by atomic mass is 17.0. The Labute approximate surface area is 432 Å². The number of carbonyl (C=O) groups excluding carboxylic acids is 2. The van der Waals surface area contributed by atoms with Gasteiger partial charge in [-0.15, -0.1) is 0 Å². The molecule has 0 N–H and O–H groups in total. The smallest absolute Gasteiger partial charge is 0.424 e. The average Bonchev–Trinajstić information content (AvgIpc) is 3.38. The van der Waals surface area contributed by atoms with Crippen LogP contribution >= 0.6 is 0 Å². The maximum absolute atomic E-state index is 14.5. The van der Waals surface area contributed by atoms with E-state index in [2.05, 4.69) is 13.8 Å². The largest absolute Gasteiger partial charge is 0.462 e. The van der Waals surface area contributed by atoms with Crippen molar-refractivity contribution < 1.29 is 66.4 Å². The number of carbonyl (C=O) groups is 2. The topological polar surface area (TPSA) is 145 Å². The predicted octanol–water partition coefficient (Wildman–Crippen LogP) is 14.1. The summed E-state index contributed by atoms with van der Waals surface area (Å²) in [4.78, 5) is 29.0. The van der Waals surface area contributed by atoms with E-state index >= 15 is 0 Å². The molecule has 0 saturated heterocycles. The van der Waals surface area contributed by atoms with E-state index in [0.29, 0.717) is 24.3 Å². The molecule has 2 atom stereocenters. The number of hydrogen-bond acceptors (Lipinski definition) is 14. The Morgan fingerprint density at radius 3 is 0.861 bits per heavy atom. The fraction of sp³-hybridized carbons (Fsp3) is 0.655. The summed E-state index contributed by atoms with van der Waals surface area (Å²) < 4.78 is 76.2. The van der Waals surface area contributed by atoms with Gasteiger partial charge in [-0.25, -0.2) is 9.59 Å². The van der Waals surface area contributed by atoms with Crippen LogP contribution in [-0.2, 0) is 47.4 Å². The molecule has 3 rings (SSSR count). The minimum Gasteiger partial charge on any atom is -0.424 e. The van der Waals surface area contributed by atoms with E-state index in [1.165, 1.54) is 88.5 Å². The van der Waals surface area contributed by atoms with Crippen molar-refractivity contribution in [2.45, 2.75) is 195 Å². The molecule has 0 aliphatic rings. The van der Waals surface area contributed by atoms with Crippen LogP contribution in [0.4, 0.5) is 0 Å². The molecule has 0 heterocycles. The molecular formula is C58H90O14. The standard InChI is InChI=1S/C58H90O14/c1-9-17-19-21-23-25-27-29-37-47-67-55(61-11-3,62-12-4)57(65-15-7,69-51-39-33-31-34-40-51)71-53(59)49-43-45-50(46-44-49)54(60)72-58(66-16-8,70-52-41-35-32-36-42-52)56(63-13-5,64-14-6)68-48-38-30-28-26-24-22-20-18-10-2/h31-36,39-46H,9-30,37-38,47-48H2,1-8H3. The number of esters is 2. The van der Waals surface area contributed by atoms with Gasteiger partial charge in [0.2, 0.25) is 0 Å². The molecule has 2 unspecified atom stereocenters. The van der Waals surface area contributed by atoms with Gasteiger partial charge in [0.05, 0.1) is 64.0 Å². The van der Waals surface area contributed by atoms with Crippen LogP contribution in [0.1, 0.15) is 192 Å². The van der Waals surface area contributed by atoms with Crippen molar-refractivity contribution in [1.29, 1.82) is 0 Å². The van der Waals surface area contributed by atoms with Gasteiger partial charge in [0.1, 0.15) is 11.5 Å². The summed E-state index contributed by atoms with van der Waals surface area (Å²) in [6.07, 6.45) is 20.0. The molecule has 0 bridgehead atoms. The zero-order valence-corrected chi connectivity index (χ0v) is 45.2. The molecule has 3 aromatic carbocycles. The summed E-state index contributed by atoms with van der Waals surface area (Å²) in [6, 6.07) is 23.2. The van der Waals surface area contributed by atoms with Gasteiger partial charge in [-0.3, -0.25) is 0 Å². The first kappa shape index (κ1) is 62.2. The molecule has 0 aliphatic carbocycles. The van der Waals surface area contributed by atoms with E-state index in [-0.39, 0.29) is 64.0 Å². The van der Waals surface area contributed by atoms with E-state index < -0.39 is 35.8 Å². The fourth-order valence-corrected chi connectivity index (χ4v) is 8.14. The quantitative estimate of drug-likeness (QED) is 0.0301. The molecule has 72 heavy (non-hydrogen) atoms. The van der Waals surface area contributed by atoms with E-state index in [9.17, 15) is 9.59 Å². The zero-order valence-electron chi connectivity index (χ0n) is 45.2. The maximum atomic E-state index is 14.5. The zero-order chi connectivity index (χ0) is 52.2. The molecule has 0 fully saturated rings. The van der Waals surface area contributed by atoms with Crippen LogP contribution in [0.3, 0.4) is 0 Å². The van der Waals surface area contributed by atoms with Crippen LogP contribution in [-0.4, -0.2) is 88.7 Å². The van der Waals surface area contributed by atoms with Crippen molar-refractivity contribution in [2.24, 2.45) is 0 Å². The lowest BCUT2D eigenvalue weighted by Gasteiger charge is -2.44. The van der Waals surface area contributed by atoms with Gasteiger partial charge in [-0.05, 0) is 103 Å². The fourth-order valence-electron chi connectivity index (χ4n) is 8.14. The number of unbranched alkanes of at least 4 members (excludes halogenated alkanes) is 16. The lowest BCUT2D eigenvalue weighted by atomic mass is 10.1. The van der Waals surface area contributed by atoms with Crippen LogP contribution in [0.5, 0.6) is 11.5 Å². The maximum Gasteiger partial charge on any atom is 0.462 e. The summed E-state index contributed by atoms with van der Waals surface area (Å²) in [5.41, 5.74) is 0.0685. The predicted molar refractivity (Wildman–Crippen MR) is 278 cm³/mol. The van der Waals surface area contributed by atoms with Crippen LogP contribution in [0.25, 0.3) is 0 Å². The number of ether oxygens (including phenoxy) is 12.